The van der Waals surface area contributed by atoms with E-state index in [4.69, 9.17) is 21.4 Å². The maximum atomic E-state index is 12.4. The molecule has 0 spiro atoms. The number of benzene rings is 2. The number of rotatable bonds is 6. The van der Waals surface area contributed by atoms with Gasteiger partial charge < -0.3 is 20.1 Å². The number of halogens is 1. The van der Waals surface area contributed by atoms with Crippen molar-refractivity contribution >= 4 is 35.1 Å². The van der Waals surface area contributed by atoms with Crippen molar-refractivity contribution in [2.45, 2.75) is 26.9 Å². The third-order valence-corrected chi connectivity index (χ3v) is 4.97. The van der Waals surface area contributed by atoms with E-state index >= 15 is 0 Å². The topological polar surface area (TPSA) is 121 Å². The van der Waals surface area contributed by atoms with E-state index in [1.807, 2.05) is 13.8 Å². The molecule has 3 N–H and O–H groups in total. The Bertz CT molecular complexity index is 1130. The first kappa shape index (κ1) is 22.0. The van der Waals surface area contributed by atoms with Crippen LogP contribution in [-0.4, -0.2) is 39.0 Å². The van der Waals surface area contributed by atoms with Crippen molar-refractivity contribution in [3.63, 3.8) is 0 Å². The van der Waals surface area contributed by atoms with Gasteiger partial charge >= 0.3 is 11.9 Å². The number of anilines is 1. The number of aromatic carboxylic acids is 1. The molecule has 0 aliphatic rings. The summed E-state index contributed by atoms with van der Waals surface area (Å²) in [5, 5.41) is 11.7. The number of esters is 1. The maximum absolute atomic E-state index is 12.4. The third-order valence-electron chi connectivity index (χ3n) is 4.64. The molecule has 31 heavy (non-hydrogen) atoms. The molecule has 3 aromatic rings. The SMILES string of the molecule is Cc1nc(-c2ccc(C(=O)OC(C)C(=O)Nc3ccc(Cl)c(C(=O)O)c3)cc2)[nH]c1C. The lowest BCUT2D eigenvalue weighted by Gasteiger charge is -2.14. The van der Waals surface area contributed by atoms with Crippen LogP contribution in [0.25, 0.3) is 11.4 Å². The van der Waals surface area contributed by atoms with Crippen LogP contribution in [0.5, 0.6) is 0 Å². The summed E-state index contributed by atoms with van der Waals surface area (Å²) in [6.07, 6.45) is -1.11. The summed E-state index contributed by atoms with van der Waals surface area (Å²) >= 11 is 5.82. The smallest absolute Gasteiger partial charge is 0.338 e. The lowest BCUT2D eigenvalue weighted by atomic mass is 10.1. The average Bonchev–Trinajstić information content (AvgIpc) is 3.07. The molecule has 0 radical (unpaired) electrons. The summed E-state index contributed by atoms with van der Waals surface area (Å²) < 4.78 is 5.22. The number of hydrogen-bond donors (Lipinski definition) is 3. The molecule has 1 heterocycles. The number of hydrogen-bond acceptors (Lipinski definition) is 5. The Kier molecular flexibility index (Phi) is 6.41. The Morgan fingerprint density at radius 2 is 1.81 bits per heavy atom. The number of carboxylic acids is 1. The number of nitrogens with one attached hydrogen (secondary N) is 2. The first-order chi connectivity index (χ1) is 14.7. The molecule has 1 aromatic heterocycles. The summed E-state index contributed by atoms with van der Waals surface area (Å²) in [6, 6.07) is 10.7. The fourth-order valence-electron chi connectivity index (χ4n) is 2.74. The van der Waals surface area contributed by atoms with Crippen LogP contribution in [0, 0.1) is 13.8 Å². The van der Waals surface area contributed by atoms with Gasteiger partial charge in [0.25, 0.3) is 5.91 Å². The number of amides is 1. The number of nitrogens with zero attached hydrogens (tertiary/aromatic N) is 1. The number of imidazole rings is 1. The minimum Gasteiger partial charge on any atom is -0.478 e. The normalized spacial score (nSPS) is 11.6. The number of aromatic amines is 1. The molecule has 8 nitrogen and oxygen atoms in total. The van der Waals surface area contributed by atoms with Crippen molar-refractivity contribution in [1.29, 1.82) is 0 Å². The van der Waals surface area contributed by atoms with Crippen LogP contribution in [-0.2, 0) is 9.53 Å². The quantitative estimate of drug-likeness (QED) is 0.492. The highest BCUT2D eigenvalue weighted by atomic mass is 35.5. The van der Waals surface area contributed by atoms with E-state index in [0.29, 0.717) is 5.82 Å². The van der Waals surface area contributed by atoms with Gasteiger partial charge in [-0.25, -0.2) is 14.6 Å². The predicted octanol–water partition coefficient (Wildman–Crippen LogP) is 4.23. The number of carbonyl (C=O) groups excluding carboxylic acids is 2. The maximum Gasteiger partial charge on any atom is 0.338 e. The van der Waals surface area contributed by atoms with E-state index in [-0.39, 0.29) is 21.8 Å². The highest BCUT2D eigenvalue weighted by Gasteiger charge is 2.20. The van der Waals surface area contributed by atoms with Gasteiger partial charge in [-0.15, -0.1) is 0 Å². The van der Waals surface area contributed by atoms with Crippen LogP contribution in [0.1, 0.15) is 39.0 Å². The van der Waals surface area contributed by atoms with Gasteiger partial charge in [-0.05, 0) is 51.1 Å². The van der Waals surface area contributed by atoms with Gasteiger partial charge in [0.05, 0.1) is 21.8 Å². The van der Waals surface area contributed by atoms with Crippen LogP contribution in [0.2, 0.25) is 5.02 Å². The van der Waals surface area contributed by atoms with E-state index < -0.39 is 23.9 Å². The molecule has 0 saturated heterocycles. The molecule has 0 fully saturated rings. The van der Waals surface area contributed by atoms with Crippen molar-refractivity contribution in [3.05, 3.63) is 70.0 Å². The van der Waals surface area contributed by atoms with Gasteiger partial charge in [0.15, 0.2) is 6.10 Å². The van der Waals surface area contributed by atoms with Gasteiger partial charge in [-0.2, -0.15) is 0 Å². The molecule has 9 heteroatoms. The van der Waals surface area contributed by atoms with Crippen LogP contribution in [0.4, 0.5) is 5.69 Å². The van der Waals surface area contributed by atoms with E-state index in [2.05, 4.69) is 15.3 Å². The number of aryl methyl sites for hydroxylation is 2. The first-order valence-corrected chi connectivity index (χ1v) is 9.72. The van der Waals surface area contributed by atoms with E-state index in [9.17, 15) is 14.4 Å². The number of carbonyl (C=O) groups is 3. The largest absolute Gasteiger partial charge is 0.478 e. The molecular formula is C22H20ClN3O5. The lowest BCUT2D eigenvalue weighted by molar-refractivity contribution is -0.123. The van der Waals surface area contributed by atoms with Gasteiger partial charge in [-0.1, -0.05) is 23.7 Å². The van der Waals surface area contributed by atoms with Crippen molar-refractivity contribution in [1.82, 2.24) is 9.97 Å². The minimum absolute atomic E-state index is 0.0493. The second-order valence-corrected chi connectivity index (χ2v) is 7.32. The Balaban J connectivity index is 1.64. The Morgan fingerprint density at radius 1 is 1.13 bits per heavy atom. The molecule has 0 saturated carbocycles. The summed E-state index contributed by atoms with van der Waals surface area (Å²) in [7, 11) is 0. The van der Waals surface area contributed by atoms with Crippen molar-refractivity contribution in [2.24, 2.45) is 0 Å². The molecule has 0 aliphatic heterocycles. The molecule has 1 amide bonds. The van der Waals surface area contributed by atoms with Gasteiger partial charge in [-0.3, -0.25) is 4.79 Å². The molecule has 2 aromatic carbocycles. The molecule has 3 rings (SSSR count). The molecule has 160 valence electrons. The predicted molar refractivity (Wildman–Crippen MR) is 115 cm³/mol. The van der Waals surface area contributed by atoms with Gasteiger partial charge in [0.2, 0.25) is 0 Å². The van der Waals surface area contributed by atoms with Gasteiger partial charge in [0.1, 0.15) is 5.82 Å². The van der Waals surface area contributed by atoms with Crippen molar-refractivity contribution < 1.29 is 24.2 Å². The zero-order valence-corrected chi connectivity index (χ0v) is 17.8. The number of H-pyrrole nitrogens is 1. The second-order valence-electron chi connectivity index (χ2n) is 6.91. The summed E-state index contributed by atoms with van der Waals surface area (Å²) in [6.45, 7) is 5.25. The van der Waals surface area contributed by atoms with Crippen LogP contribution in [0.15, 0.2) is 42.5 Å². The van der Waals surface area contributed by atoms with Gasteiger partial charge in [0, 0.05) is 16.9 Å². The fraction of sp³-hybridized carbons (Fsp3) is 0.182. The Morgan fingerprint density at radius 3 is 2.39 bits per heavy atom. The number of carboxylic acid groups (broad SMARTS) is 1. The Hall–Kier alpha value is -3.65. The monoisotopic (exact) mass is 441 g/mol. The zero-order valence-electron chi connectivity index (χ0n) is 17.0. The highest BCUT2D eigenvalue weighted by molar-refractivity contribution is 6.33. The molecule has 1 unspecified atom stereocenters. The number of ether oxygens (including phenoxy) is 1. The summed E-state index contributed by atoms with van der Waals surface area (Å²) in [5.41, 5.74) is 3.04. The molecule has 1 atom stereocenters. The van der Waals surface area contributed by atoms with E-state index in [1.54, 1.807) is 24.3 Å². The average molecular weight is 442 g/mol. The molecule has 0 aliphatic carbocycles. The second kappa shape index (κ2) is 9.01. The van der Waals surface area contributed by atoms with Crippen LogP contribution >= 0.6 is 11.6 Å². The minimum atomic E-state index is -1.22. The van der Waals surface area contributed by atoms with Crippen LogP contribution < -0.4 is 5.32 Å². The van der Waals surface area contributed by atoms with Crippen LogP contribution in [0.3, 0.4) is 0 Å². The zero-order chi connectivity index (χ0) is 22.7. The van der Waals surface area contributed by atoms with E-state index in [0.717, 1.165) is 17.0 Å². The Labute approximate surface area is 183 Å². The summed E-state index contributed by atoms with van der Waals surface area (Å²) in [4.78, 5) is 43.5. The lowest BCUT2D eigenvalue weighted by Crippen LogP contribution is -2.30. The third kappa shape index (κ3) is 5.10. The van der Waals surface area contributed by atoms with Crippen molar-refractivity contribution in [3.8, 4) is 11.4 Å². The van der Waals surface area contributed by atoms with E-state index in [1.165, 1.54) is 25.1 Å². The summed E-state index contributed by atoms with van der Waals surface area (Å²) in [5.74, 6) is -1.79. The standard InChI is InChI=1S/C22H20ClN3O5/c1-11-12(2)25-19(24-11)14-4-6-15(7-5-14)22(30)31-13(3)20(27)26-16-8-9-18(23)17(10-16)21(28)29/h4-10,13H,1-3H3,(H,24,25)(H,26,27)(H,28,29). The molecular weight excluding hydrogens is 422 g/mol. The highest BCUT2D eigenvalue weighted by Crippen LogP contribution is 2.21. The van der Waals surface area contributed by atoms with Crippen molar-refractivity contribution in [2.75, 3.05) is 5.32 Å². The molecule has 0 bridgehead atoms. The fourth-order valence-corrected chi connectivity index (χ4v) is 2.94. The first-order valence-electron chi connectivity index (χ1n) is 9.34. The number of aromatic nitrogens is 2.